The van der Waals surface area contributed by atoms with E-state index in [4.69, 9.17) is 47.4 Å². The van der Waals surface area contributed by atoms with Crippen molar-refractivity contribution in [2.75, 3.05) is 39.6 Å². The number of carbonyl (C=O) groups excluding carboxylic acids is 5. The highest BCUT2D eigenvalue weighted by atomic mass is 16.8. The molecule has 88 heavy (non-hydrogen) atoms. The van der Waals surface area contributed by atoms with Crippen LogP contribution in [-0.4, -0.2) is 284 Å². The minimum Gasteiger partial charge on any atom is -0.494 e. The number of unbranched alkanes of at least 4 members (excludes halogenated alkanes) is 5. The van der Waals surface area contributed by atoms with E-state index in [1.807, 2.05) is 0 Å². The molecule has 5 saturated heterocycles. The van der Waals surface area contributed by atoms with Gasteiger partial charge in [0.15, 0.2) is 31.5 Å². The van der Waals surface area contributed by atoms with E-state index in [-0.39, 0.29) is 5.56 Å². The second kappa shape index (κ2) is 34.5. The topological polar surface area (TPSA) is 481 Å². The maximum absolute atomic E-state index is 13.9. The lowest BCUT2D eigenvalue weighted by Gasteiger charge is -2.51. The summed E-state index contributed by atoms with van der Waals surface area (Å²) in [5.74, 6) is 2.72. The number of rotatable bonds is 27. The predicted molar refractivity (Wildman–Crippen MR) is 296 cm³/mol. The summed E-state index contributed by atoms with van der Waals surface area (Å²) >= 11 is 0. The molecule has 5 aliphatic heterocycles. The molecule has 1 aromatic carbocycles. The van der Waals surface area contributed by atoms with Crippen LogP contribution in [0.15, 0.2) is 24.3 Å². The SMILES string of the molecule is CCCCCCC#CCCCOc1cccc(C(=O)N[C@@H]2C(O[C@H]3C(O)C(NC(C)=O)C(OC4C(CO)O[C@@H](O[C@H]5C(O)C(NC(C)=O)[C@H](OC6C(CO)O[C@@H](O)[C@@H](NC(C)=O)[C@H]6O)O[C@H]5CO)[C@@H](NC(C)=O)[C@H]4O)O[C@H]3CO)OC(CO)[C@@H](O)[C@@H]2O)c1. The smallest absolute Gasteiger partial charge is 0.251 e. The molecule has 0 bridgehead atoms. The molecule has 32 nitrogen and oxygen atoms in total. The van der Waals surface area contributed by atoms with Gasteiger partial charge in [-0.05, 0) is 31.0 Å². The molecule has 6 rings (SSSR count). The number of carbonyl (C=O) groups is 5. The Morgan fingerprint density at radius 1 is 0.455 bits per heavy atom. The molecule has 32 heteroatoms. The zero-order valence-corrected chi connectivity index (χ0v) is 49.4. The minimum absolute atomic E-state index is 0.0436. The monoisotopic (exact) mass is 1260 g/mol. The number of aliphatic hydroxyl groups is 12. The third kappa shape index (κ3) is 18.6. The van der Waals surface area contributed by atoms with Crippen molar-refractivity contribution in [2.45, 2.75) is 233 Å². The number of aliphatic hydroxyl groups excluding tert-OH is 12. The molecule has 5 fully saturated rings. The Morgan fingerprint density at radius 2 is 0.830 bits per heavy atom. The van der Waals surface area contributed by atoms with Gasteiger partial charge in [0, 0.05) is 46.1 Å². The van der Waals surface area contributed by atoms with Gasteiger partial charge in [0.05, 0.1) is 39.6 Å². The Labute approximate surface area is 507 Å². The first kappa shape index (κ1) is 72.2. The lowest BCUT2D eigenvalue weighted by molar-refractivity contribution is -0.367. The van der Waals surface area contributed by atoms with Gasteiger partial charge in [-0.15, -0.1) is 11.8 Å². The number of ether oxygens (including phenoxy) is 10. The van der Waals surface area contributed by atoms with Crippen LogP contribution in [0.25, 0.3) is 0 Å². The van der Waals surface area contributed by atoms with E-state index in [9.17, 15) is 85.3 Å². The molecule has 17 N–H and O–H groups in total. The first-order valence-electron chi connectivity index (χ1n) is 29.3. The van der Waals surface area contributed by atoms with Crippen molar-refractivity contribution in [2.24, 2.45) is 0 Å². The van der Waals surface area contributed by atoms with Crippen molar-refractivity contribution in [1.82, 2.24) is 26.6 Å². The van der Waals surface area contributed by atoms with Gasteiger partial charge in [-0.25, -0.2) is 0 Å². The third-order valence-electron chi connectivity index (χ3n) is 15.3. The average Bonchev–Trinajstić information content (AvgIpc) is 1.44. The molecular formula is C56H87N5O27. The van der Waals surface area contributed by atoms with E-state index in [1.54, 1.807) is 12.1 Å². The number of amides is 5. The van der Waals surface area contributed by atoms with E-state index >= 15 is 0 Å². The molecule has 498 valence electrons. The van der Waals surface area contributed by atoms with Gasteiger partial charge < -0.3 is 135 Å². The van der Waals surface area contributed by atoms with Crippen molar-refractivity contribution in [3.8, 4) is 17.6 Å². The molecule has 0 saturated carbocycles. The van der Waals surface area contributed by atoms with Crippen LogP contribution in [0.5, 0.6) is 5.75 Å². The lowest BCUT2D eigenvalue weighted by Crippen LogP contribution is -2.72. The van der Waals surface area contributed by atoms with Gasteiger partial charge in [0.25, 0.3) is 5.91 Å². The zero-order valence-electron chi connectivity index (χ0n) is 49.4. The number of hydrogen-bond donors (Lipinski definition) is 17. The first-order valence-corrected chi connectivity index (χ1v) is 29.3. The molecule has 5 aliphatic rings. The normalized spacial score (nSPS) is 37.5. The fourth-order valence-corrected chi connectivity index (χ4v) is 11.0. The van der Waals surface area contributed by atoms with Crippen LogP contribution in [0.1, 0.15) is 89.9 Å². The number of benzene rings is 1. The molecule has 0 aliphatic carbocycles. The quantitative estimate of drug-likeness (QED) is 0.0288. The standard InChI is InChI=1S/C56H87N5O27/c1-6-7-8-9-10-11-12-13-14-18-79-30-17-15-16-29(19-30)51(77)61-37-42(72)41(71)31(20-62)81-53(37)86-48-33(22-64)83-55(39(44(48)74)59-27(4)69)88-50-35(24-66)84-56(40(46(50)76)60-28(5)70)87-49-34(23-65)82-54(38(45(49)75)58-26(3)68)85-47-32(21-63)80-52(78)36(43(47)73)57-25(2)67/h15-17,19,31-50,52-56,62-66,71-76,78H,6-10,13-14,18,20-24H2,1-5H3,(H,57,67)(H,58,68)(H,59,69)(H,60,70)(H,61,77)/t31?,32?,33-,34-,35?,36-,37-,38?,39?,40-,41+,42+,43+,44?,45?,46+,47?,48+,49+,50?,52+,53?,54-,55?,56-/m0/s1. The Kier molecular flexibility index (Phi) is 28.3. The van der Waals surface area contributed by atoms with Crippen LogP contribution in [0, 0.1) is 11.8 Å². The highest BCUT2D eigenvalue weighted by molar-refractivity contribution is 5.94. The largest absolute Gasteiger partial charge is 0.494 e. The van der Waals surface area contributed by atoms with Gasteiger partial charge in [-0.1, -0.05) is 32.3 Å². The van der Waals surface area contributed by atoms with E-state index in [1.165, 1.54) is 18.6 Å². The molecule has 0 spiro atoms. The Bertz CT molecular complexity index is 2460. The van der Waals surface area contributed by atoms with Crippen molar-refractivity contribution in [1.29, 1.82) is 0 Å². The molecule has 0 aromatic heterocycles. The van der Waals surface area contributed by atoms with Gasteiger partial charge >= 0.3 is 0 Å². The van der Waals surface area contributed by atoms with Gasteiger partial charge in [-0.3, -0.25) is 24.0 Å². The summed E-state index contributed by atoms with van der Waals surface area (Å²) in [6.45, 7) is 1.92. The van der Waals surface area contributed by atoms with E-state index < -0.39 is 216 Å². The van der Waals surface area contributed by atoms with Crippen LogP contribution in [-0.2, 0) is 61.8 Å². The summed E-state index contributed by atoms with van der Waals surface area (Å²) in [6, 6.07) is -2.26. The van der Waals surface area contributed by atoms with E-state index in [2.05, 4.69) is 45.3 Å². The van der Waals surface area contributed by atoms with Crippen LogP contribution >= 0.6 is 0 Å². The van der Waals surface area contributed by atoms with Crippen LogP contribution in [0.2, 0.25) is 0 Å². The number of hydrogen-bond acceptors (Lipinski definition) is 27. The van der Waals surface area contributed by atoms with Gasteiger partial charge in [-0.2, -0.15) is 0 Å². The van der Waals surface area contributed by atoms with Crippen molar-refractivity contribution in [3.05, 3.63) is 29.8 Å². The summed E-state index contributed by atoms with van der Waals surface area (Å²) in [4.78, 5) is 64.1. The first-order chi connectivity index (χ1) is 42.0. The number of nitrogens with one attached hydrogen (secondary N) is 5. The second-order valence-corrected chi connectivity index (χ2v) is 22.0. The summed E-state index contributed by atoms with van der Waals surface area (Å²) in [5.41, 5.74) is 0.0436. The summed E-state index contributed by atoms with van der Waals surface area (Å²) in [5, 5.41) is 145. The van der Waals surface area contributed by atoms with Gasteiger partial charge in [0.2, 0.25) is 23.6 Å². The third-order valence-corrected chi connectivity index (χ3v) is 15.3. The zero-order chi connectivity index (χ0) is 64.5. The Hall–Kier alpha value is -4.91. The van der Waals surface area contributed by atoms with Crippen LogP contribution < -0.4 is 31.3 Å². The molecule has 0 radical (unpaired) electrons. The maximum atomic E-state index is 13.9. The summed E-state index contributed by atoms with van der Waals surface area (Å²) in [6.07, 6.45) is -29.4. The average molecular weight is 1260 g/mol. The Balaban J connectivity index is 1.18. The molecular weight excluding hydrogens is 1170 g/mol. The molecule has 1 aromatic rings. The maximum Gasteiger partial charge on any atom is 0.251 e. The van der Waals surface area contributed by atoms with Crippen LogP contribution in [0.3, 0.4) is 0 Å². The van der Waals surface area contributed by atoms with Crippen molar-refractivity contribution in [3.63, 3.8) is 0 Å². The van der Waals surface area contributed by atoms with Crippen LogP contribution in [0.4, 0.5) is 0 Å². The molecule has 25 atom stereocenters. The van der Waals surface area contributed by atoms with E-state index in [0.29, 0.717) is 25.2 Å². The molecule has 11 unspecified atom stereocenters. The summed E-state index contributed by atoms with van der Waals surface area (Å²) in [7, 11) is 0. The van der Waals surface area contributed by atoms with Crippen molar-refractivity contribution >= 4 is 29.5 Å². The van der Waals surface area contributed by atoms with Crippen molar-refractivity contribution < 1.29 is 133 Å². The lowest BCUT2D eigenvalue weighted by atomic mass is 9.93. The minimum atomic E-state index is -2.03. The predicted octanol–water partition coefficient (Wildman–Crippen LogP) is -6.78. The molecule has 5 amide bonds. The highest BCUT2D eigenvalue weighted by Crippen LogP contribution is 2.36. The highest BCUT2D eigenvalue weighted by Gasteiger charge is 2.58. The second-order valence-electron chi connectivity index (χ2n) is 22.0. The van der Waals surface area contributed by atoms with Gasteiger partial charge in [0.1, 0.15) is 128 Å². The Morgan fingerprint density at radius 3 is 1.24 bits per heavy atom. The summed E-state index contributed by atoms with van der Waals surface area (Å²) < 4.78 is 59.8. The molecule has 5 heterocycles. The fourth-order valence-electron chi connectivity index (χ4n) is 11.0. The fraction of sp³-hybridized carbons (Fsp3) is 0.768. The van der Waals surface area contributed by atoms with E-state index in [0.717, 1.165) is 53.4 Å².